The predicted molar refractivity (Wildman–Crippen MR) is 99.9 cm³/mol. The number of fused-ring (bicyclic) bond motifs is 1. The Kier molecular flexibility index (Phi) is 4.03. The molecule has 5 heteroatoms. The molecular weight excluding hydrogens is 328 g/mol. The number of rotatable bonds is 4. The third-order valence-electron chi connectivity index (χ3n) is 4.05. The molecule has 0 aliphatic heterocycles. The van der Waals surface area contributed by atoms with Crippen molar-refractivity contribution in [3.63, 3.8) is 0 Å². The van der Waals surface area contributed by atoms with Crippen molar-refractivity contribution < 1.29 is 9.21 Å². The Hall–Kier alpha value is -3.73. The second-order valence-electron chi connectivity index (χ2n) is 5.75. The summed E-state index contributed by atoms with van der Waals surface area (Å²) in [5, 5.41) is 7.67. The fourth-order valence-electron chi connectivity index (χ4n) is 2.75. The summed E-state index contributed by atoms with van der Waals surface area (Å²) in [6.07, 6.45) is 4.64. The van der Waals surface area contributed by atoms with Crippen molar-refractivity contribution in [3.05, 3.63) is 94.5 Å². The maximum Gasteiger partial charge on any atom is 0.347 e. The average molecular weight is 342 g/mol. The zero-order valence-corrected chi connectivity index (χ0v) is 13.7. The van der Waals surface area contributed by atoms with Crippen LogP contribution < -0.4 is 5.63 Å². The van der Waals surface area contributed by atoms with Gasteiger partial charge in [-0.2, -0.15) is 5.10 Å². The van der Waals surface area contributed by atoms with Gasteiger partial charge in [-0.05, 0) is 24.3 Å². The number of carbonyl (C=O) groups excluding carboxylic acids is 1. The smallest absolute Gasteiger partial charge is 0.347 e. The monoisotopic (exact) mass is 342 g/mol. The number of hydrogen-bond donors (Lipinski definition) is 1. The van der Waals surface area contributed by atoms with Crippen molar-refractivity contribution in [1.82, 2.24) is 10.2 Å². The van der Waals surface area contributed by atoms with Crippen LogP contribution in [0.1, 0.15) is 15.9 Å². The van der Waals surface area contributed by atoms with Crippen LogP contribution in [0.25, 0.3) is 28.3 Å². The molecule has 0 saturated carbocycles. The van der Waals surface area contributed by atoms with E-state index >= 15 is 0 Å². The number of aromatic nitrogens is 2. The van der Waals surface area contributed by atoms with Gasteiger partial charge < -0.3 is 4.42 Å². The van der Waals surface area contributed by atoms with E-state index in [1.165, 1.54) is 6.08 Å². The van der Waals surface area contributed by atoms with Gasteiger partial charge in [0.2, 0.25) is 0 Å². The molecule has 0 fully saturated rings. The summed E-state index contributed by atoms with van der Waals surface area (Å²) in [6, 6.07) is 18.3. The maximum atomic E-state index is 12.5. The summed E-state index contributed by atoms with van der Waals surface area (Å²) in [5.74, 6) is -0.412. The summed E-state index contributed by atoms with van der Waals surface area (Å²) in [5.41, 5.74) is 2.34. The molecule has 4 aromatic rings. The van der Waals surface area contributed by atoms with E-state index in [4.69, 9.17) is 4.42 Å². The molecular formula is C21H14N2O3. The minimum absolute atomic E-state index is 0.00436. The highest BCUT2D eigenvalue weighted by atomic mass is 16.4. The number of nitrogens with one attached hydrogen (secondary N) is 1. The number of hydrogen-bond acceptors (Lipinski definition) is 4. The zero-order chi connectivity index (χ0) is 17.9. The molecule has 0 amide bonds. The van der Waals surface area contributed by atoms with Crippen LogP contribution in [0.2, 0.25) is 0 Å². The van der Waals surface area contributed by atoms with Gasteiger partial charge in [-0.3, -0.25) is 9.89 Å². The SMILES string of the molecule is O=C(C=Cc1cn[nH]c1-c1ccccc1)c1cc2ccccc2oc1=O. The molecule has 2 heterocycles. The van der Waals surface area contributed by atoms with Crippen LogP contribution in [-0.2, 0) is 0 Å². The molecule has 0 aliphatic carbocycles. The highest BCUT2D eigenvalue weighted by molar-refractivity contribution is 6.08. The van der Waals surface area contributed by atoms with E-state index < -0.39 is 11.4 Å². The first-order valence-electron chi connectivity index (χ1n) is 8.06. The predicted octanol–water partition coefficient (Wildman–Crippen LogP) is 4.08. The van der Waals surface area contributed by atoms with Crippen molar-refractivity contribution >= 4 is 22.8 Å². The number of benzene rings is 2. The van der Waals surface area contributed by atoms with Crippen molar-refractivity contribution in [2.45, 2.75) is 0 Å². The molecule has 0 saturated heterocycles. The van der Waals surface area contributed by atoms with Gasteiger partial charge in [0.05, 0.1) is 11.9 Å². The van der Waals surface area contributed by atoms with Crippen LogP contribution in [-0.4, -0.2) is 16.0 Å². The molecule has 126 valence electrons. The Morgan fingerprint density at radius 2 is 1.81 bits per heavy atom. The summed E-state index contributed by atoms with van der Waals surface area (Å²) in [7, 11) is 0. The lowest BCUT2D eigenvalue weighted by molar-refractivity contribution is 0.104. The van der Waals surface area contributed by atoms with E-state index in [0.29, 0.717) is 11.0 Å². The Balaban J connectivity index is 1.67. The lowest BCUT2D eigenvalue weighted by atomic mass is 10.1. The van der Waals surface area contributed by atoms with Gasteiger partial charge in [-0.1, -0.05) is 48.5 Å². The molecule has 4 rings (SSSR count). The molecule has 1 N–H and O–H groups in total. The number of aromatic amines is 1. The molecule has 5 nitrogen and oxygen atoms in total. The number of ketones is 1. The zero-order valence-electron chi connectivity index (χ0n) is 13.7. The van der Waals surface area contributed by atoms with E-state index in [-0.39, 0.29) is 5.56 Å². The largest absolute Gasteiger partial charge is 0.422 e. The number of allylic oxidation sites excluding steroid dienone is 1. The molecule has 2 aromatic carbocycles. The summed E-state index contributed by atoms with van der Waals surface area (Å²) in [4.78, 5) is 24.6. The Morgan fingerprint density at radius 3 is 2.65 bits per heavy atom. The van der Waals surface area contributed by atoms with Crippen molar-refractivity contribution in [1.29, 1.82) is 0 Å². The third kappa shape index (κ3) is 2.98. The van der Waals surface area contributed by atoms with Gasteiger partial charge in [0.25, 0.3) is 0 Å². The van der Waals surface area contributed by atoms with Crippen LogP contribution in [0.4, 0.5) is 0 Å². The summed E-state index contributed by atoms with van der Waals surface area (Å²) < 4.78 is 5.22. The van der Waals surface area contributed by atoms with Crippen LogP contribution >= 0.6 is 0 Å². The first-order valence-corrected chi connectivity index (χ1v) is 8.06. The Labute approximate surface area is 148 Å². The lowest BCUT2D eigenvalue weighted by Crippen LogP contribution is -2.11. The van der Waals surface area contributed by atoms with Crippen LogP contribution in [0.3, 0.4) is 0 Å². The number of nitrogens with zero attached hydrogens (tertiary/aromatic N) is 1. The van der Waals surface area contributed by atoms with Gasteiger partial charge >= 0.3 is 5.63 Å². The van der Waals surface area contributed by atoms with Gasteiger partial charge in [0.1, 0.15) is 11.1 Å². The minimum Gasteiger partial charge on any atom is -0.422 e. The minimum atomic E-state index is -0.645. The van der Waals surface area contributed by atoms with Crippen LogP contribution in [0, 0.1) is 0 Å². The first-order chi connectivity index (χ1) is 12.7. The summed E-state index contributed by atoms with van der Waals surface area (Å²) in [6.45, 7) is 0. The van der Waals surface area contributed by atoms with Crippen LogP contribution in [0.15, 0.2) is 82.1 Å². The van der Waals surface area contributed by atoms with E-state index in [1.807, 2.05) is 36.4 Å². The Morgan fingerprint density at radius 1 is 1.04 bits per heavy atom. The van der Waals surface area contributed by atoms with Crippen LogP contribution in [0.5, 0.6) is 0 Å². The normalized spacial score (nSPS) is 11.2. The van der Waals surface area contributed by atoms with Gasteiger partial charge in [0, 0.05) is 16.5 Å². The molecule has 0 bridgehead atoms. The van der Waals surface area contributed by atoms with E-state index in [1.54, 1.807) is 36.5 Å². The molecule has 26 heavy (non-hydrogen) atoms. The fourth-order valence-corrected chi connectivity index (χ4v) is 2.75. The molecule has 0 radical (unpaired) electrons. The average Bonchev–Trinajstić information content (AvgIpc) is 3.15. The van der Waals surface area contributed by atoms with Crippen molar-refractivity contribution in [2.75, 3.05) is 0 Å². The molecule has 2 aromatic heterocycles. The standard InChI is InChI=1S/C21H14N2O3/c24-18(17-12-15-8-4-5-9-19(15)26-21(17)25)11-10-16-13-22-23-20(16)14-6-2-1-3-7-14/h1-13H,(H,22,23). The third-order valence-corrected chi connectivity index (χ3v) is 4.05. The summed E-state index contributed by atoms with van der Waals surface area (Å²) >= 11 is 0. The highest BCUT2D eigenvalue weighted by Gasteiger charge is 2.12. The topological polar surface area (TPSA) is 76.0 Å². The van der Waals surface area contributed by atoms with E-state index in [2.05, 4.69) is 10.2 Å². The number of carbonyl (C=O) groups is 1. The quantitative estimate of drug-likeness (QED) is 0.344. The van der Waals surface area contributed by atoms with Crippen molar-refractivity contribution in [2.24, 2.45) is 0 Å². The van der Waals surface area contributed by atoms with Gasteiger partial charge in [-0.15, -0.1) is 0 Å². The lowest BCUT2D eigenvalue weighted by Gasteiger charge is -2.00. The molecule has 0 aliphatic rings. The fraction of sp³-hybridized carbons (Fsp3) is 0. The number of H-pyrrole nitrogens is 1. The molecule has 0 spiro atoms. The Bertz CT molecular complexity index is 1170. The van der Waals surface area contributed by atoms with E-state index in [0.717, 1.165) is 16.8 Å². The number of para-hydroxylation sites is 1. The van der Waals surface area contributed by atoms with E-state index in [9.17, 15) is 9.59 Å². The second kappa shape index (κ2) is 6.64. The molecule has 0 unspecified atom stereocenters. The maximum absolute atomic E-state index is 12.5. The second-order valence-corrected chi connectivity index (χ2v) is 5.75. The highest BCUT2D eigenvalue weighted by Crippen LogP contribution is 2.22. The van der Waals surface area contributed by atoms with Gasteiger partial charge in [0.15, 0.2) is 5.78 Å². The first kappa shape index (κ1) is 15.8. The van der Waals surface area contributed by atoms with Gasteiger partial charge in [-0.25, -0.2) is 4.79 Å². The van der Waals surface area contributed by atoms with Crippen molar-refractivity contribution in [3.8, 4) is 11.3 Å². The molecule has 0 atom stereocenters.